The first-order chi connectivity index (χ1) is 18.1. The first-order valence-corrected chi connectivity index (χ1v) is 11.2. The van der Waals surface area contributed by atoms with E-state index in [4.69, 9.17) is 29.3 Å². The van der Waals surface area contributed by atoms with Gasteiger partial charge in [0.15, 0.2) is 5.82 Å². The molecule has 216 valence electrons. The first-order valence-electron chi connectivity index (χ1n) is 11.2. The topological polar surface area (TPSA) is 122 Å². The van der Waals surface area contributed by atoms with Gasteiger partial charge in [-0.2, -0.15) is 26.3 Å². The number of aliphatic carboxylic acids is 2. The minimum Gasteiger partial charge on any atom is -0.475 e. The fourth-order valence-corrected chi connectivity index (χ4v) is 3.85. The molecule has 1 spiro atoms. The molecule has 2 aromatic heterocycles. The Morgan fingerprint density at radius 1 is 1.05 bits per heavy atom. The van der Waals surface area contributed by atoms with Crippen molar-refractivity contribution < 1.29 is 60.0 Å². The highest BCUT2D eigenvalue weighted by molar-refractivity contribution is 5.73. The number of rotatable bonds is 4. The third-order valence-electron chi connectivity index (χ3n) is 5.44. The minimum absolute atomic E-state index is 0.0672. The number of hydrogen-bond acceptors (Lipinski definition) is 7. The molecule has 0 amide bonds. The smallest absolute Gasteiger partial charge is 0.475 e. The van der Waals surface area contributed by atoms with Crippen LogP contribution in [0.15, 0.2) is 42.9 Å². The lowest BCUT2D eigenvalue weighted by Gasteiger charge is -2.39. The minimum atomic E-state index is -5.08. The van der Waals surface area contributed by atoms with Crippen LogP contribution in [-0.4, -0.2) is 80.8 Å². The molecule has 0 saturated carbocycles. The van der Waals surface area contributed by atoms with Crippen molar-refractivity contribution in [1.82, 2.24) is 14.9 Å². The molecule has 16 heteroatoms. The Balaban J connectivity index is 0.000000317. The van der Waals surface area contributed by atoms with E-state index in [-0.39, 0.29) is 17.6 Å². The Kier molecular flexibility index (Phi) is 11.0. The summed E-state index contributed by atoms with van der Waals surface area (Å²) in [7, 11) is 0. The fourth-order valence-electron chi connectivity index (χ4n) is 3.85. The molecule has 4 heterocycles. The van der Waals surface area contributed by atoms with Gasteiger partial charge in [-0.15, -0.1) is 0 Å². The molecule has 0 bridgehead atoms. The lowest BCUT2D eigenvalue weighted by molar-refractivity contribution is -0.193. The maximum Gasteiger partial charge on any atom is 0.490 e. The number of alkyl halides is 6. The third-order valence-corrected chi connectivity index (χ3v) is 5.44. The zero-order chi connectivity index (χ0) is 29.3. The van der Waals surface area contributed by atoms with Gasteiger partial charge in [-0.3, -0.25) is 9.88 Å². The third kappa shape index (κ3) is 10.6. The Hall–Kier alpha value is -3.53. The van der Waals surface area contributed by atoms with Gasteiger partial charge in [0, 0.05) is 38.1 Å². The van der Waals surface area contributed by atoms with Gasteiger partial charge in [0.05, 0.1) is 12.2 Å². The highest BCUT2D eigenvalue weighted by Crippen LogP contribution is 2.36. The zero-order valence-corrected chi connectivity index (χ0v) is 20.1. The number of likely N-dealkylation sites (tertiary alicyclic amines) is 1. The Morgan fingerprint density at radius 3 is 2.18 bits per heavy atom. The molecule has 9 nitrogen and oxygen atoms in total. The second kappa shape index (κ2) is 13.5. The van der Waals surface area contributed by atoms with E-state index in [1.54, 1.807) is 12.3 Å². The number of aromatic nitrogens is 2. The SMILES string of the molecule is Fc1cccnc1O[C@H]1CO[C@@]2(CCCN(Cc3ccncc3)C2)C1.O=C(O)C(F)(F)F.O=C(O)C(F)(F)F. The maximum absolute atomic E-state index is 13.7. The summed E-state index contributed by atoms with van der Waals surface area (Å²) >= 11 is 0. The summed E-state index contributed by atoms with van der Waals surface area (Å²) in [5, 5.41) is 14.2. The standard InChI is InChI=1S/C19H22FN3O2.2C2HF3O2/c20-17-3-1-7-22-18(17)25-16-11-19(24-13-16)6-2-10-23(14-19)12-15-4-8-21-9-5-15;2*3-2(4,5)1(6)7/h1,3-5,7-9,16H,2,6,10-14H2;2*(H,6,7)/t16-,19+;;/m1../s1. The molecule has 2 aliphatic heterocycles. The molecule has 2 aliphatic rings. The molecule has 39 heavy (non-hydrogen) atoms. The number of carboxylic acid groups (broad SMARTS) is 2. The van der Waals surface area contributed by atoms with E-state index in [0.717, 1.165) is 38.9 Å². The molecule has 0 aromatic carbocycles. The van der Waals surface area contributed by atoms with E-state index in [0.29, 0.717) is 6.61 Å². The van der Waals surface area contributed by atoms with Gasteiger partial charge in [-0.25, -0.2) is 19.0 Å². The molecule has 2 aromatic rings. The number of ether oxygens (including phenoxy) is 2. The fraction of sp³-hybridized carbons (Fsp3) is 0.478. The van der Waals surface area contributed by atoms with Gasteiger partial charge in [-0.05, 0) is 49.2 Å². The van der Waals surface area contributed by atoms with E-state index in [2.05, 4.69) is 14.9 Å². The van der Waals surface area contributed by atoms with Crippen molar-refractivity contribution >= 4 is 11.9 Å². The van der Waals surface area contributed by atoms with Crippen LogP contribution < -0.4 is 4.74 Å². The molecule has 2 atom stereocenters. The molecular weight excluding hydrogens is 547 g/mol. The van der Waals surface area contributed by atoms with E-state index in [1.165, 1.54) is 11.6 Å². The molecule has 0 radical (unpaired) electrons. The average molecular weight is 571 g/mol. The van der Waals surface area contributed by atoms with Crippen LogP contribution in [0.25, 0.3) is 0 Å². The van der Waals surface area contributed by atoms with Crippen molar-refractivity contribution in [3.63, 3.8) is 0 Å². The van der Waals surface area contributed by atoms with Gasteiger partial charge in [-0.1, -0.05) is 0 Å². The van der Waals surface area contributed by atoms with Gasteiger partial charge in [0.25, 0.3) is 5.88 Å². The Labute approximate surface area is 217 Å². The monoisotopic (exact) mass is 571 g/mol. The molecule has 0 unspecified atom stereocenters. The number of carbonyl (C=O) groups is 2. The molecular formula is C23H24F7N3O6. The predicted molar refractivity (Wildman–Crippen MR) is 118 cm³/mol. The number of carboxylic acids is 2. The maximum atomic E-state index is 13.7. The summed E-state index contributed by atoms with van der Waals surface area (Å²) in [5.41, 5.74) is 1.06. The van der Waals surface area contributed by atoms with Gasteiger partial charge < -0.3 is 19.7 Å². The van der Waals surface area contributed by atoms with Crippen LogP contribution in [0, 0.1) is 5.82 Å². The lowest BCUT2D eigenvalue weighted by Crippen LogP contribution is -2.47. The predicted octanol–water partition coefficient (Wildman–Crippen LogP) is 4.08. The molecule has 2 fully saturated rings. The summed E-state index contributed by atoms with van der Waals surface area (Å²) in [5.74, 6) is -5.87. The number of piperidine rings is 1. The summed E-state index contributed by atoms with van der Waals surface area (Å²) in [6.45, 7) is 3.32. The summed E-state index contributed by atoms with van der Waals surface area (Å²) in [6.07, 6.45) is -2.24. The van der Waals surface area contributed by atoms with Crippen LogP contribution in [0.1, 0.15) is 24.8 Å². The second-order valence-corrected chi connectivity index (χ2v) is 8.50. The number of nitrogens with zero attached hydrogens (tertiary/aromatic N) is 3. The van der Waals surface area contributed by atoms with Gasteiger partial charge in [0.2, 0.25) is 0 Å². The normalized spacial score (nSPS) is 21.3. The zero-order valence-electron chi connectivity index (χ0n) is 20.1. The van der Waals surface area contributed by atoms with Gasteiger partial charge in [0.1, 0.15) is 6.10 Å². The van der Waals surface area contributed by atoms with Crippen molar-refractivity contribution in [2.75, 3.05) is 19.7 Å². The van der Waals surface area contributed by atoms with E-state index in [9.17, 15) is 30.7 Å². The molecule has 4 rings (SSSR count). The first kappa shape index (κ1) is 31.7. The number of halogens is 7. The summed E-state index contributed by atoms with van der Waals surface area (Å²) in [6, 6.07) is 7.02. The Bertz CT molecular complexity index is 1060. The van der Waals surface area contributed by atoms with Crippen LogP contribution in [0.3, 0.4) is 0 Å². The van der Waals surface area contributed by atoms with Crippen LogP contribution in [0.2, 0.25) is 0 Å². The van der Waals surface area contributed by atoms with Crippen molar-refractivity contribution in [3.8, 4) is 5.88 Å². The van der Waals surface area contributed by atoms with E-state index in [1.807, 2.05) is 24.5 Å². The quantitative estimate of drug-likeness (QED) is 0.523. The summed E-state index contributed by atoms with van der Waals surface area (Å²) in [4.78, 5) is 28.3. The second-order valence-electron chi connectivity index (χ2n) is 8.50. The highest BCUT2D eigenvalue weighted by Gasteiger charge is 2.44. The lowest BCUT2D eigenvalue weighted by atomic mass is 9.89. The molecule has 0 aliphatic carbocycles. The van der Waals surface area contributed by atoms with E-state index >= 15 is 0 Å². The van der Waals surface area contributed by atoms with Crippen molar-refractivity contribution in [2.45, 2.75) is 49.9 Å². The largest absolute Gasteiger partial charge is 0.490 e. The number of hydrogen-bond donors (Lipinski definition) is 2. The van der Waals surface area contributed by atoms with Crippen molar-refractivity contribution in [2.24, 2.45) is 0 Å². The van der Waals surface area contributed by atoms with Gasteiger partial charge >= 0.3 is 24.3 Å². The van der Waals surface area contributed by atoms with Crippen molar-refractivity contribution in [1.29, 1.82) is 0 Å². The van der Waals surface area contributed by atoms with Crippen LogP contribution >= 0.6 is 0 Å². The molecule has 2 saturated heterocycles. The molecule has 2 N–H and O–H groups in total. The van der Waals surface area contributed by atoms with Crippen LogP contribution in [-0.2, 0) is 20.9 Å². The Morgan fingerprint density at radius 2 is 1.64 bits per heavy atom. The average Bonchev–Trinajstić information content (AvgIpc) is 3.22. The van der Waals surface area contributed by atoms with Crippen molar-refractivity contribution in [3.05, 3.63) is 54.2 Å². The summed E-state index contributed by atoms with van der Waals surface area (Å²) < 4.78 is 89.1. The highest BCUT2D eigenvalue weighted by atomic mass is 19.4. The van der Waals surface area contributed by atoms with Crippen LogP contribution in [0.5, 0.6) is 5.88 Å². The number of pyridine rings is 2. The van der Waals surface area contributed by atoms with E-state index < -0.39 is 30.1 Å². The van der Waals surface area contributed by atoms with Crippen LogP contribution in [0.4, 0.5) is 30.7 Å².